The number of aromatic amines is 1. The Morgan fingerprint density at radius 1 is 1.47 bits per heavy atom. The number of nitrogens with zero attached hydrogens (tertiary/aromatic N) is 4. The maximum Gasteiger partial charge on any atom is 0.191 e. The standard InChI is InChI=1S/C11H12N6/c1-8(11-14-16-17-15-11)13-7-10-5-3-2-4-9(10)6-12/h2-5,8,13H,7H2,1H3,(H,14,15,16,17). The van der Waals surface area contributed by atoms with E-state index in [1.807, 2.05) is 25.1 Å². The smallest absolute Gasteiger partial charge is 0.191 e. The van der Waals surface area contributed by atoms with Crippen molar-refractivity contribution in [3.05, 3.63) is 41.2 Å². The van der Waals surface area contributed by atoms with Gasteiger partial charge in [-0.15, -0.1) is 10.2 Å². The van der Waals surface area contributed by atoms with Gasteiger partial charge in [0.25, 0.3) is 0 Å². The van der Waals surface area contributed by atoms with Crippen LogP contribution < -0.4 is 5.32 Å². The topological polar surface area (TPSA) is 90.3 Å². The molecule has 0 spiro atoms. The molecule has 2 rings (SSSR count). The van der Waals surface area contributed by atoms with Crippen molar-refractivity contribution in [1.29, 1.82) is 5.26 Å². The molecule has 1 heterocycles. The first-order valence-corrected chi connectivity index (χ1v) is 5.26. The van der Waals surface area contributed by atoms with Crippen molar-refractivity contribution in [1.82, 2.24) is 25.9 Å². The van der Waals surface area contributed by atoms with Gasteiger partial charge in [-0.05, 0) is 18.6 Å². The van der Waals surface area contributed by atoms with Gasteiger partial charge in [-0.25, -0.2) is 0 Å². The monoisotopic (exact) mass is 228 g/mol. The number of nitriles is 1. The van der Waals surface area contributed by atoms with E-state index < -0.39 is 0 Å². The number of benzene rings is 1. The van der Waals surface area contributed by atoms with Crippen LogP contribution in [0.3, 0.4) is 0 Å². The summed E-state index contributed by atoms with van der Waals surface area (Å²) in [6.45, 7) is 2.54. The third kappa shape index (κ3) is 2.65. The van der Waals surface area contributed by atoms with E-state index in [4.69, 9.17) is 5.26 Å². The van der Waals surface area contributed by atoms with Crippen LogP contribution in [0, 0.1) is 11.3 Å². The van der Waals surface area contributed by atoms with Crippen molar-refractivity contribution in [3.8, 4) is 6.07 Å². The van der Waals surface area contributed by atoms with E-state index in [0.29, 0.717) is 17.9 Å². The van der Waals surface area contributed by atoms with E-state index in [-0.39, 0.29) is 6.04 Å². The number of rotatable bonds is 4. The molecule has 0 aliphatic rings. The summed E-state index contributed by atoms with van der Waals surface area (Å²) in [4.78, 5) is 0. The largest absolute Gasteiger partial charge is 0.303 e. The highest BCUT2D eigenvalue weighted by Crippen LogP contribution is 2.10. The summed E-state index contributed by atoms with van der Waals surface area (Å²) in [5.74, 6) is 0.611. The Morgan fingerprint density at radius 3 is 3.00 bits per heavy atom. The van der Waals surface area contributed by atoms with Crippen LogP contribution in [0.25, 0.3) is 0 Å². The van der Waals surface area contributed by atoms with Gasteiger partial charge < -0.3 is 5.32 Å². The Morgan fingerprint density at radius 2 is 2.29 bits per heavy atom. The molecule has 1 aromatic heterocycles. The SMILES string of the molecule is CC(NCc1ccccc1C#N)c1nn[nH]n1. The molecule has 0 aliphatic carbocycles. The molecule has 0 amide bonds. The molecule has 0 bridgehead atoms. The highest BCUT2D eigenvalue weighted by molar-refractivity contribution is 5.37. The van der Waals surface area contributed by atoms with Crippen LogP contribution in [0.1, 0.15) is 29.9 Å². The molecule has 0 saturated heterocycles. The molecule has 0 aliphatic heterocycles. The van der Waals surface area contributed by atoms with Crippen LogP contribution in [0.4, 0.5) is 0 Å². The molecule has 6 heteroatoms. The van der Waals surface area contributed by atoms with Gasteiger partial charge in [0, 0.05) is 6.54 Å². The molecule has 17 heavy (non-hydrogen) atoms. The van der Waals surface area contributed by atoms with Crippen LogP contribution >= 0.6 is 0 Å². The first-order chi connectivity index (χ1) is 8.31. The number of H-pyrrole nitrogens is 1. The van der Waals surface area contributed by atoms with Crippen molar-refractivity contribution in [3.63, 3.8) is 0 Å². The van der Waals surface area contributed by atoms with Gasteiger partial charge in [-0.1, -0.05) is 23.4 Å². The van der Waals surface area contributed by atoms with Gasteiger partial charge in [0.05, 0.1) is 17.7 Å². The Kier molecular flexibility index (Phi) is 3.43. The molecule has 2 aromatic rings. The molecule has 86 valence electrons. The van der Waals surface area contributed by atoms with E-state index in [1.54, 1.807) is 6.07 Å². The van der Waals surface area contributed by atoms with Crippen molar-refractivity contribution in [2.24, 2.45) is 0 Å². The van der Waals surface area contributed by atoms with Gasteiger partial charge in [0.2, 0.25) is 0 Å². The van der Waals surface area contributed by atoms with Crippen LogP contribution in [0.2, 0.25) is 0 Å². The number of nitrogens with one attached hydrogen (secondary N) is 2. The van der Waals surface area contributed by atoms with Gasteiger partial charge in [0.15, 0.2) is 5.82 Å². The molecule has 1 atom stereocenters. The highest BCUT2D eigenvalue weighted by Gasteiger charge is 2.10. The van der Waals surface area contributed by atoms with Crippen molar-refractivity contribution in [2.75, 3.05) is 0 Å². The molecule has 0 saturated carbocycles. The Bertz CT molecular complexity index is 513. The summed E-state index contributed by atoms with van der Waals surface area (Å²) in [5.41, 5.74) is 1.64. The molecule has 0 radical (unpaired) electrons. The van der Waals surface area contributed by atoms with Crippen molar-refractivity contribution >= 4 is 0 Å². The number of hydrogen-bond acceptors (Lipinski definition) is 5. The lowest BCUT2D eigenvalue weighted by atomic mass is 10.1. The van der Waals surface area contributed by atoms with Gasteiger partial charge in [-0.3, -0.25) is 0 Å². The Labute approximate surface area is 98.7 Å². The van der Waals surface area contributed by atoms with Crippen LogP contribution in [-0.4, -0.2) is 20.6 Å². The van der Waals surface area contributed by atoms with E-state index in [2.05, 4.69) is 32.0 Å². The summed E-state index contributed by atoms with van der Waals surface area (Å²) in [5, 5.41) is 25.9. The molecule has 0 fully saturated rings. The highest BCUT2D eigenvalue weighted by atomic mass is 15.5. The third-order valence-corrected chi connectivity index (χ3v) is 2.49. The average molecular weight is 228 g/mol. The molecule has 1 unspecified atom stereocenters. The number of aromatic nitrogens is 4. The lowest BCUT2D eigenvalue weighted by Crippen LogP contribution is -2.19. The second kappa shape index (κ2) is 5.18. The van der Waals surface area contributed by atoms with Crippen LogP contribution in [0.15, 0.2) is 24.3 Å². The van der Waals surface area contributed by atoms with Crippen LogP contribution in [0.5, 0.6) is 0 Å². The first kappa shape index (κ1) is 11.2. The summed E-state index contributed by atoms with van der Waals surface area (Å²) >= 11 is 0. The minimum absolute atomic E-state index is 0.0134. The number of hydrogen-bond donors (Lipinski definition) is 2. The lowest BCUT2D eigenvalue weighted by molar-refractivity contribution is 0.546. The summed E-state index contributed by atoms with van der Waals surface area (Å²) in [6.07, 6.45) is 0. The van der Waals surface area contributed by atoms with Crippen molar-refractivity contribution < 1.29 is 0 Å². The third-order valence-electron chi connectivity index (χ3n) is 2.49. The zero-order chi connectivity index (χ0) is 12.1. The predicted molar refractivity (Wildman–Crippen MR) is 60.6 cm³/mol. The van der Waals surface area contributed by atoms with Gasteiger partial charge in [-0.2, -0.15) is 10.5 Å². The quantitative estimate of drug-likeness (QED) is 0.812. The fourth-order valence-corrected chi connectivity index (χ4v) is 1.49. The zero-order valence-corrected chi connectivity index (χ0v) is 9.38. The average Bonchev–Trinajstić information content (AvgIpc) is 2.90. The van der Waals surface area contributed by atoms with Crippen molar-refractivity contribution in [2.45, 2.75) is 19.5 Å². The molecular formula is C11H12N6. The summed E-state index contributed by atoms with van der Waals surface area (Å²) in [7, 11) is 0. The minimum Gasteiger partial charge on any atom is -0.303 e. The van der Waals surface area contributed by atoms with Crippen LogP contribution in [-0.2, 0) is 6.54 Å². The molecule has 2 N–H and O–H groups in total. The van der Waals surface area contributed by atoms with E-state index >= 15 is 0 Å². The van der Waals surface area contributed by atoms with Gasteiger partial charge >= 0.3 is 0 Å². The summed E-state index contributed by atoms with van der Waals surface area (Å²) in [6, 6.07) is 9.64. The lowest BCUT2D eigenvalue weighted by Gasteiger charge is -2.10. The van der Waals surface area contributed by atoms with E-state index in [9.17, 15) is 0 Å². The normalized spacial score (nSPS) is 12.0. The van der Waals surface area contributed by atoms with Gasteiger partial charge in [0.1, 0.15) is 0 Å². The van der Waals surface area contributed by atoms with E-state index in [1.165, 1.54) is 0 Å². The van der Waals surface area contributed by atoms with E-state index in [0.717, 1.165) is 5.56 Å². The molecule has 6 nitrogen and oxygen atoms in total. The fraction of sp³-hybridized carbons (Fsp3) is 0.273. The predicted octanol–water partition coefficient (Wildman–Crippen LogP) is 0.922. The fourth-order valence-electron chi connectivity index (χ4n) is 1.49. The maximum atomic E-state index is 8.95. The number of tetrazole rings is 1. The Balaban J connectivity index is 2.01. The Hall–Kier alpha value is -2.26. The minimum atomic E-state index is -0.0134. The first-order valence-electron chi connectivity index (χ1n) is 5.26. The second-order valence-electron chi connectivity index (χ2n) is 3.64. The molecule has 1 aromatic carbocycles. The second-order valence-corrected chi connectivity index (χ2v) is 3.64. The summed E-state index contributed by atoms with van der Waals surface area (Å²) < 4.78 is 0. The zero-order valence-electron chi connectivity index (χ0n) is 9.38. The maximum absolute atomic E-state index is 8.95. The molecular weight excluding hydrogens is 216 g/mol.